The molecule has 0 unspecified atom stereocenters. The number of ether oxygens (including phenoxy) is 1. The molecular weight excluding hydrogens is 346 g/mol. The van der Waals surface area contributed by atoms with Gasteiger partial charge in [-0.2, -0.15) is 0 Å². The minimum atomic E-state index is 0.0811. The molecule has 1 amide bonds. The van der Waals surface area contributed by atoms with E-state index in [1.54, 1.807) is 11.3 Å². The van der Waals surface area contributed by atoms with Gasteiger partial charge in [0.1, 0.15) is 0 Å². The topological polar surface area (TPSA) is 54.5 Å². The van der Waals surface area contributed by atoms with Gasteiger partial charge < -0.3 is 15.0 Å². The number of amides is 1. The van der Waals surface area contributed by atoms with E-state index in [9.17, 15) is 4.79 Å². The van der Waals surface area contributed by atoms with Crippen molar-refractivity contribution in [1.29, 1.82) is 0 Å². The smallest absolute Gasteiger partial charge is 0.224 e. The molecule has 0 saturated carbocycles. The summed E-state index contributed by atoms with van der Waals surface area (Å²) in [6, 6.07) is 7.93. The number of anilines is 2. The third-order valence-corrected chi connectivity index (χ3v) is 5.70. The molecule has 5 nitrogen and oxygen atoms in total. The first-order valence-corrected chi connectivity index (χ1v) is 10.0. The molecule has 1 aromatic heterocycles. The molecule has 1 fully saturated rings. The number of nitrogens with zero attached hydrogens (tertiary/aromatic N) is 2. The zero-order valence-electron chi connectivity index (χ0n) is 14.7. The number of nitrogens with one attached hydrogen (secondary N) is 1. The van der Waals surface area contributed by atoms with Gasteiger partial charge in [0.2, 0.25) is 5.91 Å². The molecule has 26 heavy (non-hydrogen) atoms. The highest BCUT2D eigenvalue weighted by Gasteiger charge is 2.16. The number of carbonyl (C=O) groups excluding carboxylic acids is 1. The first-order chi connectivity index (χ1) is 12.8. The summed E-state index contributed by atoms with van der Waals surface area (Å²) in [6.45, 7) is 3.32. The average molecular weight is 369 g/mol. The summed E-state index contributed by atoms with van der Waals surface area (Å²) in [6.07, 6.45) is 7.05. The molecule has 1 saturated heterocycles. The molecule has 0 spiro atoms. The molecule has 136 valence electrons. The van der Waals surface area contributed by atoms with Crippen LogP contribution < -0.4 is 10.2 Å². The number of hydrogen-bond acceptors (Lipinski definition) is 5. The zero-order chi connectivity index (χ0) is 17.8. The third kappa shape index (κ3) is 4.14. The van der Waals surface area contributed by atoms with Crippen LogP contribution in [0.5, 0.6) is 0 Å². The molecule has 1 aliphatic heterocycles. The van der Waals surface area contributed by atoms with Crippen LogP contribution in [0.1, 0.15) is 19.3 Å². The quantitative estimate of drug-likeness (QED) is 0.811. The maximum absolute atomic E-state index is 12.1. The van der Waals surface area contributed by atoms with Crippen molar-refractivity contribution < 1.29 is 9.53 Å². The van der Waals surface area contributed by atoms with Crippen molar-refractivity contribution in [2.24, 2.45) is 5.92 Å². The summed E-state index contributed by atoms with van der Waals surface area (Å²) in [4.78, 5) is 19.2. The van der Waals surface area contributed by atoms with E-state index in [4.69, 9.17) is 9.72 Å². The van der Waals surface area contributed by atoms with Crippen molar-refractivity contribution in [3.8, 4) is 11.3 Å². The Morgan fingerprint density at radius 2 is 2.08 bits per heavy atom. The standard InChI is InChI=1S/C20H23N3O2S/c24-19(13-15-3-1-2-4-15)21-17-7-5-16(6-8-17)18-14-26-20(22-18)23-9-11-25-12-10-23/h1,3,5-8,14-15H,2,4,9-13H2,(H,21,24)/t15-/m1/s1. The number of thiazole rings is 1. The van der Waals surface area contributed by atoms with Crippen LogP contribution >= 0.6 is 11.3 Å². The summed E-state index contributed by atoms with van der Waals surface area (Å²) in [5.41, 5.74) is 2.88. The summed E-state index contributed by atoms with van der Waals surface area (Å²) in [7, 11) is 0. The van der Waals surface area contributed by atoms with Gasteiger partial charge in [-0.25, -0.2) is 4.98 Å². The predicted octanol–water partition coefficient (Wildman–Crippen LogP) is 3.94. The second-order valence-electron chi connectivity index (χ2n) is 6.71. The fraction of sp³-hybridized carbons (Fsp3) is 0.400. The second kappa shape index (κ2) is 8.01. The lowest BCUT2D eigenvalue weighted by molar-refractivity contribution is -0.116. The Kier molecular flexibility index (Phi) is 5.32. The lowest BCUT2D eigenvalue weighted by Gasteiger charge is -2.26. The highest BCUT2D eigenvalue weighted by molar-refractivity contribution is 7.14. The van der Waals surface area contributed by atoms with Gasteiger partial charge >= 0.3 is 0 Å². The summed E-state index contributed by atoms with van der Waals surface area (Å²) in [5, 5.41) is 6.13. The number of carbonyl (C=O) groups is 1. The van der Waals surface area contributed by atoms with Crippen LogP contribution in [0, 0.1) is 5.92 Å². The summed E-state index contributed by atoms with van der Waals surface area (Å²) < 4.78 is 5.40. The van der Waals surface area contributed by atoms with Crippen molar-refractivity contribution in [1.82, 2.24) is 4.98 Å². The summed E-state index contributed by atoms with van der Waals surface area (Å²) in [5.74, 6) is 0.473. The molecule has 6 heteroatoms. The molecule has 1 atom stereocenters. The van der Waals surface area contributed by atoms with E-state index in [-0.39, 0.29) is 5.91 Å². The maximum atomic E-state index is 12.1. The third-order valence-electron chi connectivity index (χ3n) is 4.80. The van der Waals surface area contributed by atoms with Crippen LogP contribution in [0.2, 0.25) is 0 Å². The Labute approximate surface area is 157 Å². The number of aromatic nitrogens is 1. The lowest BCUT2D eigenvalue weighted by Crippen LogP contribution is -2.36. The average Bonchev–Trinajstić information content (AvgIpc) is 3.35. The SMILES string of the molecule is O=C(C[C@@H]1C=CCC1)Nc1ccc(-c2csc(N3CCOCC3)n2)cc1. The number of hydrogen-bond donors (Lipinski definition) is 1. The van der Waals surface area contributed by atoms with Gasteiger partial charge in [-0.15, -0.1) is 11.3 Å². The van der Waals surface area contributed by atoms with Gasteiger partial charge in [-0.1, -0.05) is 24.3 Å². The van der Waals surface area contributed by atoms with Crippen LogP contribution in [0.4, 0.5) is 10.8 Å². The fourth-order valence-corrected chi connectivity index (χ4v) is 4.23. The Bertz CT molecular complexity index is 779. The van der Waals surface area contributed by atoms with Gasteiger partial charge in [-0.3, -0.25) is 4.79 Å². The molecule has 1 aliphatic carbocycles. The fourth-order valence-electron chi connectivity index (χ4n) is 3.34. The van der Waals surface area contributed by atoms with E-state index in [1.807, 2.05) is 24.3 Å². The number of benzene rings is 1. The monoisotopic (exact) mass is 369 g/mol. The minimum absolute atomic E-state index is 0.0811. The highest BCUT2D eigenvalue weighted by atomic mass is 32.1. The Morgan fingerprint density at radius 1 is 1.27 bits per heavy atom. The first kappa shape index (κ1) is 17.2. The molecule has 0 radical (unpaired) electrons. The molecule has 0 bridgehead atoms. The molecule has 2 aromatic rings. The van der Waals surface area contributed by atoms with Gasteiger partial charge in [0.05, 0.1) is 18.9 Å². The largest absolute Gasteiger partial charge is 0.378 e. The molecule has 1 N–H and O–H groups in total. The van der Waals surface area contributed by atoms with E-state index in [1.165, 1.54) is 0 Å². The molecule has 2 heterocycles. The highest BCUT2D eigenvalue weighted by Crippen LogP contribution is 2.29. The van der Waals surface area contributed by atoms with Gasteiger partial charge in [0, 0.05) is 36.1 Å². The molecule has 4 rings (SSSR count). The van der Waals surface area contributed by atoms with Crippen molar-refractivity contribution in [3.63, 3.8) is 0 Å². The van der Waals surface area contributed by atoms with E-state index < -0.39 is 0 Å². The summed E-state index contributed by atoms with van der Waals surface area (Å²) >= 11 is 1.67. The van der Waals surface area contributed by atoms with Crippen LogP contribution in [0.25, 0.3) is 11.3 Å². The molecular formula is C20H23N3O2S. The lowest BCUT2D eigenvalue weighted by atomic mass is 10.0. The van der Waals surface area contributed by atoms with E-state index >= 15 is 0 Å². The van der Waals surface area contributed by atoms with E-state index in [2.05, 4.69) is 27.7 Å². The molecule has 1 aromatic carbocycles. The second-order valence-corrected chi connectivity index (χ2v) is 7.55. The van der Waals surface area contributed by atoms with Gasteiger partial charge in [0.15, 0.2) is 5.13 Å². The van der Waals surface area contributed by atoms with E-state index in [0.717, 1.165) is 61.2 Å². The van der Waals surface area contributed by atoms with Gasteiger partial charge in [0.25, 0.3) is 0 Å². The first-order valence-electron chi connectivity index (χ1n) is 9.13. The van der Waals surface area contributed by atoms with Crippen molar-refractivity contribution in [3.05, 3.63) is 41.8 Å². The van der Waals surface area contributed by atoms with Crippen molar-refractivity contribution in [2.75, 3.05) is 36.5 Å². The van der Waals surface area contributed by atoms with Crippen LogP contribution in [0.15, 0.2) is 41.8 Å². The van der Waals surface area contributed by atoms with Crippen LogP contribution in [-0.2, 0) is 9.53 Å². The number of rotatable bonds is 5. The zero-order valence-corrected chi connectivity index (χ0v) is 15.5. The van der Waals surface area contributed by atoms with Crippen molar-refractivity contribution >= 4 is 28.1 Å². The Morgan fingerprint density at radius 3 is 2.81 bits per heavy atom. The number of morpholine rings is 1. The van der Waals surface area contributed by atoms with Crippen molar-refractivity contribution in [2.45, 2.75) is 19.3 Å². The van der Waals surface area contributed by atoms with Crippen LogP contribution in [0.3, 0.4) is 0 Å². The van der Waals surface area contributed by atoms with Crippen LogP contribution in [-0.4, -0.2) is 37.2 Å². The predicted molar refractivity (Wildman–Crippen MR) is 106 cm³/mol. The van der Waals surface area contributed by atoms with Gasteiger partial charge in [-0.05, 0) is 30.9 Å². The normalized spacial score (nSPS) is 19.7. The van der Waals surface area contributed by atoms with E-state index in [0.29, 0.717) is 12.3 Å². The number of allylic oxidation sites excluding steroid dienone is 2. The maximum Gasteiger partial charge on any atom is 0.224 e. The Hall–Kier alpha value is -2.18. The minimum Gasteiger partial charge on any atom is -0.378 e. The molecule has 2 aliphatic rings. The Balaban J connectivity index is 1.37.